The maximum atomic E-state index is 4.79. The second kappa shape index (κ2) is 5.12. The second-order valence-corrected chi connectivity index (χ2v) is 5.47. The van der Waals surface area contributed by atoms with Gasteiger partial charge in [0.1, 0.15) is 17.5 Å². The topological polar surface area (TPSA) is 41.1 Å². The van der Waals surface area contributed by atoms with Crippen molar-refractivity contribution in [2.45, 2.75) is 52.5 Å². The number of nitrogens with one attached hydrogen (secondary N) is 1. The predicted molar refractivity (Wildman–Crippen MR) is 76.4 cm³/mol. The molecule has 1 atom stereocenters. The van der Waals surface area contributed by atoms with E-state index in [9.17, 15) is 0 Å². The summed E-state index contributed by atoms with van der Waals surface area (Å²) in [7, 11) is 1.93. The molecule has 0 spiro atoms. The molecule has 0 aromatic carbocycles. The van der Waals surface area contributed by atoms with Crippen LogP contribution in [0.15, 0.2) is 0 Å². The molecule has 2 rings (SSSR count). The fourth-order valence-electron chi connectivity index (χ4n) is 2.55. The Morgan fingerprint density at radius 1 is 1.33 bits per heavy atom. The van der Waals surface area contributed by atoms with E-state index in [1.54, 1.807) is 0 Å². The van der Waals surface area contributed by atoms with Crippen molar-refractivity contribution in [1.29, 1.82) is 0 Å². The zero-order valence-electron chi connectivity index (χ0n) is 12.1. The van der Waals surface area contributed by atoms with Crippen LogP contribution in [0.2, 0.25) is 0 Å². The summed E-state index contributed by atoms with van der Waals surface area (Å²) in [6.45, 7) is 9.78. The molecular weight excluding hydrogens is 224 g/mol. The van der Waals surface area contributed by atoms with Crippen molar-refractivity contribution in [3.63, 3.8) is 0 Å². The minimum atomic E-state index is 0.356. The lowest BCUT2D eigenvalue weighted by Crippen LogP contribution is -2.29. The van der Waals surface area contributed by atoms with Crippen LogP contribution in [0.5, 0.6) is 0 Å². The molecule has 1 fully saturated rings. The van der Waals surface area contributed by atoms with Crippen molar-refractivity contribution in [2.75, 3.05) is 23.8 Å². The minimum absolute atomic E-state index is 0.356. The average molecular weight is 248 g/mol. The fraction of sp³-hybridized carbons (Fsp3) is 0.714. The first-order valence-corrected chi connectivity index (χ1v) is 6.87. The molecule has 1 aromatic rings. The van der Waals surface area contributed by atoms with Gasteiger partial charge in [0.25, 0.3) is 0 Å². The van der Waals surface area contributed by atoms with Crippen LogP contribution in [0, 0.1) is 6.92 Å². The zero-order chi connectivity index (χ0) is 13.3. The molecule has 4 nitrogen and oxygen atoms in total. The molecular formula is C14H24N4. The molecule has 0 saturated carbocycles. The molecule has 100 valence electrons. The van der Waals surface area contributed by atoms with Crippen molar-refractivity contribution in [1.82, 2.24) is 9.97 Å². The molecule has 4 heteroatoms. The Labute approximate surface area is 110 Å². The average Bonchev–Trinajstić information content (AvgIpc) is 2.75. The summed E-state index contributed by atoms with van der Waals surface area (Å²) < 4.78 is 0. The third-order valence-electron chi connectivity index (χ3n) is 3.72. The summed E-state index contributed by atoms with van der Waals surface area (Å²) in [5.74, 6) is 3.36. The molecule has 1 aromatic heterocycles. The maximum absolute atomic E-state index is 4.79. The second-order valence-electron chi connectivity index (χ2n) is 5.47. The van der Waals surface area contributed by atoms with Crippen molar-refractivity contribution in [3.05, 3.63) is 11.4 Å². The summed E-state index contributed by atoms with van der Waals surface area (Å²) in [5, 5.41) is 3.19. The number of hydrogen-bond acceptors (Lipinski definition) is 4. The third kappa shape index (κ3) is 2.28. The van der Waals surface area contributed by atoms with Crippen LogP contribution in [0.3, 0.4) is 0 Å². The molecule has 1 saturated heterocycles. The van der Waals surface area contributed by atoms with E-state index in [0.29, 0.717) is 12.0 Å². The molecule has 0 radical (unpaired) electrons. The van der Waals surface area contributed by atoms with Crippen LogP contribution in [0.4, 0.5) is 11.6 Å². The Bertz CT molecular complexity index is 428. The first kappa shape index (κ1) is 13.1. The Kier molecular flexibility index (Phi) is 3.73. The molecule has 1 aliphatic heterocycles. The van der Waals surface area contributed by atoms with Crippen LogP contribution in [0.25, 0.3) is 0 Å². The van der Waals surface area contributed by atoms with Crippen LogP contribution in [-0.4, -0.2) is 29.6 Å². The zero-order valence-corrected chi connectivity index (χ0v) is 12.1. The number of anilines is 2. The number of rotatable bonds is 3. The highest BCUT2D eigenvalue weighted by atomic mass is 15.2. The molecule has 18 heavy (non-hydrogen) atoms. The normalized spacial score (nSPS) is 19.7. The third-order valence-corrected chi connectivity index (χ3v) is 3.72. The fourth-order valence-corrected chi connectivity index (χ4v) is 2.55. The van der Waals surface area contributed by atoms with Crippen LogP contribution in [0.1, 0.15) is 50.9 Å². The molecule has 0 bridgehead atoms. The monoisotopic (exact) mass is 248 g/mol. The van der Waals surface area contributed by atoms with E-state index < -0.39 is 0 Å². The van der Waals surface area contributed by atoms with Crippen molar-refractivity contribution in [3.8, 4) is 0 Å². The van der Waals surface area contributed by atoms with E-state index in [1.165, 1.54) is 12.8 Å². The molecule has 0 aliphatic carbocycles. The summed E-state index contributed by atoms with van der Waals surface area (Å²) in [6.07, 6.45) is 2.52. The van der Waals surface area contributed by atoms with Gasteiger partial charge in [-0.3, -0.25) is 0 Å². The summed E-state index contributed by atoms with van der Waals surface area (Å²) in [4.78, 5) is 11.8. The molecule has 1 N–H and O–H groups in total. The number of hydrogen-bond donors (Lipinski definition) is 1. The van der Waals surface area contributed by atoms with E-state index in [2.05, 4.69) is 42.9 Å². The molecule has 2 heterocycles. The van der Waals surface area contributed by atoms with Gasteiger partial charge < -0.3 is 10.2 Å². The van der Waals surface area contributed by atoms with E-state index in [0.717, 1.165) is 29.6 Å². The molecule has 1 unspecified atom stereocenters. The maximum Gasteiger partial charge on any atom is 0.137 e. The molecule has 1 aliphatic rings. The first-order chi connectivity index (χ1) is 8.54. The first-order valence-electron chi connectivity index (χ1n) is 6.87. The highest BCUT2D eigenvalue weighted by Gasteiger charge is 2.25. The summed E-state index contributed by atoms with van der Waals surface area (Å²) >= 11 is 0. The van der Waals surface area contributed by atoms with E-state index >= 15 is 0 Å². The van der Waals surface area contributed by atoms with Gasteiger partial charge in [-0.05, 0) is 26.7 Å². The van der Waals surface area contributed by atoms with Crippen molar-refractivity contribution < 1.29 is 0 Å². The van der Waals surface area contributed by atoms with Gasteiger partial charge in [-0.25, -0.2) is 9.97 Å². The summed E-state index contributed by atoms with van der Waals surface area (Å²) in [6, 6.07) is 0.586. The summed E-state index contributed by atoms with van der Waals surface area (Å²) in [5.41, 5.74) is 1.16. The van der Waals surface area contributed by atoms with E-state index in [1.807, 2.05) is 7.05 Å². The van der Waals surface area contributed by atoms with Crippen molar-refractivity contribution >= 4 is 11.6 Å². The SMILES string of the molecule is CNc1nc(C(C)C)nc(N2CCCC2C)c1C. The van der Waals surface area contributed by atoms with Crippen LogP contribution >= 0.6 is 0 Å². The lowest BCUT2D eigenvalue weighted by Gasteiger charge is -2.26. The lowest BCUT2D eigenvalue weighted by molar-refractivity contribution is 0.708. The number of aromatic nitrogens is 2. The van der Waals surface area contributed by atoms with E-state index in [-0.39, 0.29) is 0 Å². The van der Waals surface area contributed by atoms with Gasteiger partial charge in [0.2, 0.25) is 0 Å². The van der Waals surface area contributed by atoms with Gasteiger partial charge >= 0.3 is 0 Å². The van der Waals surface area contributed by atoms with E-state index in [4.69, 9.17) is 4.98 Å². The predicted octanol–water partition coefficient (Wildman–Crippen LogP) is 2.94. The highest BCUT2D eigenvalue weighted by molar-refractivity contribution is 5.59. The highest BCUT2D eigenvalue weighted by Crippen LogP contribution is 2.30. The van der Waals surface area contributed by atoms with Gasteiger partial charge in [-0.1, -0.05) is 13.8 Å². The van der Waals surface area contributed by atoms with Crippen molar-refractivity contribution in [2.24, 2.45) is 0 Å². The lowest BCUT2D eigenvalue weighted by atomic mass is 10.2. The number of nitrogens with zero attached hydrogens (tertiary/aromatic N) is 3. The van der Waals surface area contributed by atoms with Gasteiger partial charge in [0.15, 0.2) is 0 Å². The quantitative estimate of drug-likeness (QED) is 0.893. The Morgan fingerprint density at radius 3 is 2.56 bits per heavy atom. The standard InChI is InChI=1S/C14H24N4/c1-9(2)12-16-13(15-5)11(4)14(17-12)18-8-6-7-10(18)3/h9-10H,6-8H2,1-5H3,(H,15,16,17). The van der Waals surface area contributed by atoms with Gasteiger partial charge in [-0.2, -0.15) is 0 Å². The Morgan fingerprint density at radius 2 is 2.06 bits per heavy atom. The Balaban J connectivity index is 2.47. The van der Waals surface area contributed by atoms with Crippen LogP contribution in [-0.2, 0) is 0 Å². The van der Waals surface area contributed by atoms with Gasteiger partial charge in [0, 0.05) is 31.1 Å². The smallest absolute Gasteiger partial charge is 0.137 e. The molecule has 0 amide bonds. The van der Waals surface area contributed by atoms with Gasteiger partial charge in [-0.15, -0.1) is 0 Å². The largest absolute Gasteiger partial charge is 0.373 e. The Hall–Kier alpha value is -1.32. The van der Waals surface area contributed by atoms with Gasteiger partial charge in [0.05, 0.1) is 0 Å². The minimum Gasteiger partial charge on any atom is -0.373 e. The van der Waals surface area contributed by atoms with Crippen LogP contribution < -0.4 is 10.2 Å².